The summed E-state index contributed by atoms with van der Waals surface area (Å²) in [7, 11) is 0. The minimum Gasteiger partial charge on any atom is -0.454 e. The Morgan fingerprint density at radius 3 is 2.88 bits per heavy atom. The Balaban J connectivity index is 1.60. The smallest absolute Gasteiger partial charge is 0.254 e. The van der Waals surface area contributed by atoms with Gasteiger partial charge in [-0.1, -0.05) is 13.8 Å². The van der Waals surface area contributed by atoms with E-state index in [0.29, 0.717) is 48.6 Å². The first kappa shape index (κ1) is 15.9. The normalized spacial score (nSPS) is 19.5. The van der Waals surface area contributed by atoms with Crippen LogP contribution in [-0.4, -0.2) is 47.6 Å². The maximum absolute atomic E-state index is 13.0. The van der Waals surface area contributed by atoms with Crippen molar-refractivity contribution in [2.45, 2.75) is 25.8 Å². The minimum atomic E-state index is -0.397. The molecule has 2 aliphatic heterocycles. The highest BCUT2D eigenvalue weighted by Gasteiger charge is 2.34. The summed E-state index contributed by atoms with van der Waals surface area (Å²) in [5, 5.41) is 8.17. The van der Waals surface area contributed by atoms with Gasteiger partial charge >= 0.3 is 0 Å². The summed E-state index contributed by atoms with van der Waals surface area (Å²) < 4.78 is 21.9. The van der Waals surface area contributed by atoms with Gasteiger partial charge in [-0.25, -0.2) is 0 Å². The summed E-state index contributed by atoms with van der Waals surface area (Å²) in [5.74, 6) is 2.18. The molecule has 1 unspecified atom stereocenters. The lowest BCUT2D eigenvalue weighted by Gasteiger charge is -2.33. The third kappa shape index (κ3) is 2.93. The van der Waals surface area contributed by atoms with E-state index in [1.165, 1.54) is 0 Å². The van der Waals surface area contributed by atoms with Gasteiger partial charge in [0.25, 0.3) is 5.91 Å². The van der Waals surface area contributed by atoms with Crippen LogP contribution in [0.3, 0.4) is 0 Å². The molecule has 1 amide bonds. The van der Waals surface area contributed by atoms with E-state index in [9.17, 15) is 4.79 Å². The molecule has 0 bridgehead atoms. The van der Waals surface area contributed by atoms with Crippen LogP contribution in [0.25, 0.3) is 0 Å². The lowest BCUT2D eigenvalue weighted by molar-refractivity contribution is -0.0107. The standard InChI is InChI=1S/C17H19N3O5/c1-10(2)15-18-19-16(25-15)12-8-22-6-5-20(12)17(21)11-3-4-13-14(7-11)24-9-23-13/h3-4,7,10,12H,5-6,8-9H2,1-2H3. The lowest BCUT2D eigenvalue weighted by Crippen LogP contribution is -2.43. The fourth-order valence-corrected chi connectivity index (χ4v) is 2.86. The number of aromatic nitrogens is 2. The summed E-state index contributed by atoms with van der Waals surface area (Å²) in [6.07, 6.45) is 0. The predicted molar refractivity (Wildman–Crippen MR) is 85.5 cm³/mol. The average Bonchev–Trinajstić information content (AvgIpc) is 3.29. The Morgan fingerprint density at radius 2 is 2.08 bits per heavy atom. The van der Waals surface area contributed by atoms with Crippen molar-refractivity contribution < 1.29 is 23.4 Å². The molecule has 25 heavy (non-hydrogen) atoms. The number of carbonyl (C=O) groups excluding carboxylic acids is 1. The van der Waals surface area contributed by atoms with Gasteiger partial charge in [0.05, 0.1) is 13.2 Å². The van der Waals surface area contributed by atoms with Gasteiger partial charge in [-0.3, -0.25) is 4.79 Å². The Labute approximate surface area is 144 Å². The van der Waals surface area contributed by atoms with Crippen LogP contribution in [0.1, 0.15) is 47.9 Å². The number of amides is 1. The molecular weight excluding hydrogens is 326 g/mol. The third-order valence-corrected chi connectivity index (χ3v) is 4.24. The van der Waals surface area contributed by atoms with E-state index < -0.39 is 6.04 Å². The summed E-state index contributed by atoms with van der Waals surface area (Å²) >= 11 is 0. The molecule has 1 aromatic heterocycles. The average molecular weight is 345 g/mol. The van der Waals surface area contributed by atoms with Crippen molar-refractivity contribution in [3.8, 4) is 11.5 Å². The predicted octanol–water partition coefficient (Wildman–Crippen LogP) is 2.14. The largest absolute Gasteiger partial charge is 0.454 e. The molecule has 0 saturated carbocycles. The molecule has 1 fully saturated rings. The third-order valence-electron chi connectivity index (χ3n) is 4.24. The van der Waals surface area contributed by atoms with E-state index >= 15 is 0 Å². The van der Waals surface area contributed by atoms with E-state index in [-0.39, 0.29) is 18.6 Å². The van der Waals surface area contributed by atoms with Gasteiger partial charge < -0.3 is 23.5 Å². The topological polar surface area (TPSA) is 86.9 Å². The number of benzene rings is 1. The summed E-state index contributed by atoms with van der Waals surface area (Å²) in [6, 6.07) is 4.78. The van der Waals surface area contributed by atoms with Gasteiger partial charge in [-0.15, -0.1) is 10.2 Å². The zero-order valence-corrected chi connectivity index (χ0v) is 14.1. The van der Waals surface area contributed by atoms with Crippen LogP contribution in [0.15, 0.2) is 22.6 Å². The molecule has 8 nitrogen and oxygen atoms in total. The lowest BCUT2D eigenvalue weighted by atomic mass is 10.1. The number of rotatable bonds is 3. The maximum atomic E-state index is 13.0. The van der Waals surface area contributed by atoms with E-state index in [2.05, 4.69) is 10.2 Å². The van der Waals surface area contributed by atoms with Crippen molar-refractivity contribution >= 4 is 5.91 Å². The van der Waals surface area contributed by atoms with Gasteiger partial charge in [0.1, 0.15) is 6.04 Å². The summed E-state index contributed by atoms with van der Waals surface area (Å²) in [6.45, 7) is 5.38. The number of ether oxygens (including phenoxy) is 3. The molecule has 0 radical (unpaired) electrons. The molecule has 2 aromatic rings. The molecule has 2 aliphatic rings. The number of carbonyl (C=O) groups is 1. The van der Waals surface area contributed by atoms with Crippen LogP contribution in [-0.2, 0) is 4.74 Å². The second kappa shape index (κ2) is 6.36. The molecular formula is C17H19N3O5. The van der Waals surface area contributed by atoms with Gasteiger partial charge in [-0.2, -0.15) is 0 Å². The first-order valence-electron chi connectivity index (χ1n) is 8.25. The second-order valence-corrected chi connectivity index (χ2v) is 6.29. The Hall–Kier alpha value is -2.61. The first-order valence-corrected chi connectivity index (χ1v) is 8.25. The van der Waals surface area contributed by atoms with Gasteiger partial charge in [-0.05, 0) is 18.2 Å². The monoisotopic (exact) mass is 345 g/mol. The van der Waals surface area contributed by atoms with Crippen LogP contribution >= 0.6 is 0 Å². The van der Waals surface area contributed by atoms with Crippen molar-refractivity contribution in [1.82, 2.24) is 15.1 Å². The highest BCUT2D eigenvalue weighted by Crippen LogP contribution is 2.34. The second-order valence-electron chi connectivity index (χ2n) is 6.29. The van der Waals surface area contributed by atoms with Gasteiger partial charge in [0.15, 0.2) is 11.5 Å². The van der Waals surface area contributed by atoms with E-state index in [1.807, 2.05) is 13.8 Å². The Bertz CT molecular complexity index is 788. The summed E-state index contributed by atoms with van der Waals surface area (Å²) in [4.78, 5) is 14.7. The van der Waals surface area contributed by atoms with Crippen molar-refractivity contribution in [3.05, 3.63) is 35.5 Å². The number of hydrogen-bond donors (Lipinski definition) is 0. The molecule has 132 valence electrons. The van der Waals surface area contributed by atoms with Crippen LogP contribution in [0.5, 0.6) is 11.5 Å². The molecule has 1 atom stereocenters. The number of nitrogens with zero attached hydrogens (tertiary/aromatic N) is 3. The fraction of sp³-hybridized carbons (Fsp3) is 0.471. The maximum Gasteiger partial charge on any atom is 0.254 e. The number of morpholine rings is 1. The van der Waals surface area contributed by atoms with Crippen molar-refractivity contribution in [2.24, 2.45) is 0 Å². The molecule has 8 heteroatoms. The van der Waals surface area contributed by atoms with Crippen molar-refractivity contribution in [3.63, 3.8) is 0 Å². The number of fused-ring (bicyclic) bond motifs is 1. The SMILES string of the molecule is CC(C)c1nnc(C2COCCN2C(=O)c2ccc3c(c2)OCO3)o1. The highest BCUT2D eigenvalue weighted by atomic mass is 16.7. The molecule has 1 aromatic carbocycles. The zero-order chi connectivity index (χ0) is 17.4. The van der Waals surface area contributed by atoms with E-state index in [0.717, 1.165) is 0 Å². The molecule has 0 N–H and O–H groups in total. The first-order chi connectivity index (χ1) is 12.1. The summed E-state index contributed by atoms with van der Waals surface area (Å²) in [5.41, 5.74) is 0.528. The van der Waals surface area contributed by atoms with Gasteiger partial charge in [0.2, 0.25) is 18.6 Å². The van der Waals surface area contributed by atoms with Crippen LogP contribution < -0.4 is 9.47 Å². The molecule has 0 spiro atoms. The van der Waals surface area contributed by atoms with Crippen LogP contribution in [0, 0.1) is 0 Å². The Kier molecular flexibility index (Phi) is 4.04. The number of hydrogen-bond acceptors (Lipinski definition) is 7. The van der Waals surface area contributed by atoms with E-state index in [1.54, 1.807) is 23.1 Å². The van der Waals surface area contributed by atoms with Crippen LogP contribution in [0.4, 0.5) is 0 Å². The van der Waals surface area contributed by atoms with Crippen molar-refractivity contribution in [2.75, 3.05) is 26.6 Å². The molecule has 0 aliphatic carbocycles. The quantitative estimate of drug-likeness (QED) is 0.842. The van der Waals surface area contributed by atoms with Crippen LogP contribution in [0.2, 0.25) is 0 Å². The molecule has 4 rings (SSSR count). The minimum absolute atomic E-state index is 0.128. The fourth-order valence-electron chi connectivity index (χ4n) is 2.86. The Morgan fingerprint density at radius 1 is 1.24 bits per heavy atom. The molecule has 1 saturated heterocycles. The molecule has 3 heterocycles. The zero-order valence-electron chi connectivity index (χ0n) is 14.1. The van der Waals surface area contributed by atoms with E-state index in [4.69, 9.17) is 18.6 Å². The van der Waals surface area contributed by atoms with Gasteiger partial charge in [0, 0.05) is 18.0 Å². The van der Waals surface area contributed by atoms with Crippen molar-refractivity contribution in [1.29, 1.82) is 0 Å². The highest BCUT2D eigenvalue weighted by molar-refractivity contribution is 5.95.